The van der Waals surface area contributed by atoms with Crippen LogP contribution in [0.5, 0.6) is 0 Å². The van der Waals surface area contributed by atoms with Crippen LogP contribution in [0.1, 0.15) is 0 Å². The van der Waals surface area contributed by atoms with E-state index in [0.29, 0.717) is 0 Å². The predicted molar refractivity (Wildman–Crippen MR) is 18.8 cm³/mol. The van der Waals surface area contributed by atoms with Crippen molar-refractivity contribution in [3.05, 3.63) is 5.21 Å². The molecule has 5 nitrogen and oxygen atoms in total. The lowest BCUT2D eigenvalue weighted by molar-refractivity contribution is -1.02. The Morgan fingerprint density at radius 2 is 2.71 bits per heavy atom. The fourth-order valence-corrected chi connectivity index (χ4v) is 0.320. The zero-order valence-electron chi connectivity index (χ0n) is 3.43. The van der Waals surface area contributed by atoms with Gasteiger partial charge in [-0.05, 0) is 0 Å². The van der Waals surface area contributed by atoms with E-state index in [4.69, 9.17) is 0 Å². The predicted octanol–water partition coefficient (Wildman–Crippen LogP) is -2.02. The maximum atomic E-state index is 9.95. The van der Waals surface area contributed by atoms with Crippen molar-refractivity contribution in [3.63, 3.8) is 0 Å². The van der Waals surface area contributed by atoms with E-state index in [2.05, 4.69) is 10.2 Å². The third-order valence-corrected chi connectivity index (χ3v) is 0.584. The number of nitrogens with one attached hydrogen (secondary N) is 2. The zero-order valence-corrected chi connectivity index (χ0v) is 3.43. The largest absolute Gasteiger partial charge is 0.589 e. The van der Waals surface area contributed by atoms with E-state index in [1.54, 1.807) is 0 Å². The van der Waals surface area contributed by atoms with Gasteiger partial charge < -0.3 is 5.21 Å². The second-order valence-electron chi connectivity index (χ2n) is 1.12. The standard InChI is InChI=1S/C2H4N2O3/c5-2-3-1-4(6)7-2/h4H,1H2,(H,3,5). The molecule has 1 fully saturated rings. The highest BCUT2D eigenvalue weighted by molar-refractivity contribution is 5.66. The van der Waals surface area contributed by atoms with Crippen molar-refractivity contribution in [1.29, 1.82) is 0 Å². The summed E-state index contributed by atoms with van der Waals surface area (Å²) in [6.45, 7) is 0.0127. The lowest BCUT2D eigenvalue weighted by Crippen LogP contribution is -3.04. The fraction of sp³-hybridized carbons (Fsp3) is 0.500. The molecule has 1 amide bonds. The van der Waals surface area contributed by atoms with Crippen molar-refractivity contribution in [2.75, 3.05) is 6.67 Å². The van der Waals surface area contributed by atoms with Gasteiger partial charge in [-0.3, -0.25) is 10.2 Å². The van der Waals surface area contributed by atoms with Crippen LogP contribution < -0.4 is 10.5 Å². The van der Waals surface area contributed by atoms with Crippen molar-refractivity contribution in [3.8, 4) is 0 Å². The van der Waals surface area contributed by atoms with Crippen LogP contribution >= 0.6 is 0 Å². The average Bonchev–Trinajstić information content (AvgIpc) is 1.87. The summed E-state index contributed by atoms with van der Waals surface area (Å²) in [5.74, 6) is 0. The molecule has 0 saturated carbocycles. The molecule has 1 unspecified atom stereocenters. The molecule has 1 saturated heterocycles. The van der Waals surface area contributed by atoms with Crippen LogP contribution in [0.4, 0.5) is 4.79 Å². The van der Waals surface area contributed by atoms with Gasteiger partial charge in [-0.1, -0.05) is 0 Å². The van der Waals surface area contributed by atoms with Crippen molar-refractivity contribution in [2.24, 2.45) is 0 Å². The van der Waals surface area contributed by atoms with Crippen LogP contribution in [0.2, 0.25) is 0 Å². The summed E-state index contributed by atoms with van der Waals surface area (Å²) in [4.78, 5) is 13.9. The Labute approximate surface area is 39.4 Å². The highest BCUT2D eigenvalue weighted by Crippen LogP contribution is 1.68. The maximum absolute atomic E-state index is 9.95. The van der Waals surface area contributed by atoms with Gasteiger partial charge in [0.1, 0.15) is 0 Å². The summed E-state index contributed by atoms with van der Waals surface area (Å²) in [6, 6.07) is 0. The Balaban J connectivity index is 2.40. The van der Waals surface area contributed by atoms with Gasteiger partial charge in [0, 0.05) is 0 Å². The third-order valence-electron chi connectivity index (χ3n) is 0.584. The Morgan fingerprint density at radius 1 is 2.00 bits per heavy atom. The number of quaternary nitrogens is 1. The highest BCUT2D eigenvalue weighted by atomic mass is 16.9. The Morgan fingerprint density at radius 3 is 2.86 bits per heavy atom. The van der Waals surface area contributed by atoms with Gasteiger partial charge in [-0.15, -0.1) is 0 Å². The first-order valence-corrected chi connectivity index (χ1v) is 1.77. The quantitative estimate of drug-likeness (QED) is 0.349. The number of hydrogen-bond donors (Lipinski definition) is 2. The summed E-state index contributed by atoms with van der Waals surface area (Å²) in [5, 5.41) is 11.6. The Bertz CT molecular complexity index is 92.9. The molecule has 1 atom stereocenters. The number of hydroxylamine groups is 2. The minimum atomic E-state index is -0.648. The minimum absolute atomic E-state index is 0.0127. The third kappa shape index (κ3) is 0.787. The van der Waals surface area contributed by atoms with Gasteiger partial charge in [0.25, 0.3) is 0 Å². The van der Waals surface area contributed by atoms with E-state index in [1.165, 1.54) is 0 Å². The molecule has 7 heavy (non-hydrogen) atoms. The van der Waals surface area contributed by atoms with Crippen molar-refractivity contribution in [1.82, 2.24) is 5.32 Å². The molecule has 0 aromatic carbocycles. The first-order valence-electron chi connectivity index (χ1n) is 1.77. The lowest BCUT2D eigenvalue weighted by atomic mass is 11.1. The molecular weight excluding hydrogens is 100 g/mol. The molecule has 1 aliphatic heterocycles. The van der Waals surface area contributed by atoms with E-state index in [0.717, 1.165) is 0 Å². The van der Waals surface area contributed by atoms with Crippen molar-refractivity contribution in [2.45, 2.75) is 0 Å². The maximum Gasteiger partial charge on any atom is 0.466 e. The van der Waals surface area contributed by atoms with Crippen molar-refractivity contribution >= 4 is 6.09 Å². The molecule has 5 heteroatoms. The monoisotopic (exact) mass is 104 g/mol. The first-order chi connectivity index (χ1) is 3.29. The van der Waals surface area contributed by atoms with Crippen LogP contribution in [0.25, 0.3) is 0 Å². The normalized spacial score (nSPS) is 29.3. The van der Waals surface area contributed by atoms with Crippen LogP contribution in [0.15, 0.2) is 0 Å². The van der Waals surface area contributed by atoms with Gasteiger partial charge in [-0.2, -0.15) is 5.23 Å². The Kier molecular flexibility index (Phi) is 0.844. The second-order valence-corrected chi connectivity index (χ2v) is 1.12. The molecule has 0 radical (unpaired) electrons. The molecule has 0 bridgehead atoms. The summed E-state index contributed by atoms with van der Waals surface area (Å²) in [6.07, 6.45) is -0.648. The molecule has 0 spiro atoms. The number of amides is 1. The lowest BCUT2D eigenvalue weighted by Gasteiger charge is -2.05. The van der Waals surface area contributed by atoms with Gasteiger partial charge in [0.05, 0.1) is 0 Å². The van der Waals surface area contributed by atoms with Crippen LogP contribution in [0.3, 0.4) is 0 Å². The van der Waals surface area contributed by atoms with Crippen LogP contribution in [-0.2, 0) is 4.84 Å². The SMILES string of the molecule is O=C1NC[NH+]([O-])O1. The summed E-state index contributed by atoms with van der Waals surface area (Å²) >= 11 is 0. The molecule has 0 aromatic heterocycles. The molecule has 1 heterocycles. The second kappa shape index (κ2) is 1.36. The van der Waals surface area contributed by atoms with Gasteiger partial charge >= 0.3 is 6.09 Å². The topological polar surface area (TPSA) is 65.8 Å². The number of carbonyl (C=O) groups excluding carboxylic acids is 1. The molecule has 2 N–H and O–H groups in total. The van der Waals surface area contributed by atoms with Gasteiger partial charge in [0.2, 0.25) is 0 Å². The van der Waals surface area contributed by atoms with E-state index >= 15 is 0 Å². The highest BCUT2D eigenvalue weighted by Gasteiger charge is 2.15. The first kappa shape index (κ1) is 4.35. The number of rotatable bonds is 0. The summed E-state index contributed by atoms with van der Waals surface area (Å²) < 4.78 is 0. The van der Waals surface area contributed by atoms with E-state index < -0.39 is 11.3 Å². The molecule has 0 aliphatic carbocycles. The average molecular weight is 104 g/mol. The molecule has 1 rings (SSSR count). The molecule has 0 aromatic rings. The zero-order chi connectivity index (χ0) is 5.28. The minimum Gasteiger partial charge on any atom is -0.589 e. The van der Waals surface area contributed by atoms with Crippen LogP contribution in [-0.4, -0.2) is 12.8 Å². The van der Waals surface area contributed by atoms with Crippen molar-refractivity contribution < 1.29 is 14.9 Å². The number of hydrogen-bond acceptors (Lipinski definition) is 3. The van der Waals surface area contributed by atoms with Gasteiger partial charge in [0.15, 0.2) is 6.67 Å². The molecule has 40 valence electrons. The molecule has 1 aliphatic rings. The smallest absolute Gasteiger partial charge is 0.466 e. The van der Waals surface area contributed by atoms with E-state index in [9.17, 15) is 10.0 Å². The van der Waals surface area contributed by atoms with E-state index in [1.807, 2.05) is 0 Å². The van der Waals surface area contributed by atoms with Gasteiger partial charge in [-0.25, -0.2) is 4.79 Å². The molecular formula is C2H4N2O3. The summed E-state index contributed by atoms with van der Waals surface area (Å²) in [5.41, 5.74) is 0. The summed E-state index contributed by atoms with van der Waals surface area (Å²) in [7, 11) is 0. The number of carbonyl (C=O) groups is 1. The van der Waals surface area contributed by atoms with Crippen LogP contribution in [0, 0.1) is 5.21 Å². The fourth-order valence-electron chi connectivity index (χ4n) is 0.320. The Hall–Kier alpha value is -0.810. The van der Waals surface area contributed by atoms with E-state index in [-0.39, 0.29) is 6.67 Å².